The van der Waals surface area contributed by atoms with Crippen molar-refractivity contribution in [1.29, 1.82) is 0 Å². The molecule has 4 nitrogen and oxygen atoms in total. The third kappa shape index (κ3) is 2.54. The van der Waals surface area contributed by atoms with Gasteiger partial charge in [0.25, 0.3) is 11.6 Å². The third-order valence-corrected chi connectivity index (χ3v) is 5.67. The number of phenols is 1. The van der Waals surface area contributed by atoms with Crippen LogP contribution in [0.25, 0.3) is 11.1 Å². The number of halogens is 3. The first kappa shape index (κ1) is 17.6. The molecule has 1 aliphatic heterocycles. The topological polar surface area (TPSA) is 66.4 Å². The number of hydrogen-bond donors (Lipinski definition) is 2. The van der Waals surface area contributed by atoms with Crippen LogP contribution in [0.1, 0.15) is 15.9 Å². The number of rotatable bonds is 2. The van der Waals surface area contributed by atoms with Crippen LogP contribution in [-0.2, 0) is 10.5 Å². The van der Waals surface area contributed by atoms with Gasteiger partial charge in [-0.15, -0.1) is 11.3 Å². The summed E-state index contributed by atoms with van der Waals surface area (Å²) in [4.78, 5) is 25.5. The molecule has 0 fully saturated rings. The van der Waals surface area contributed by atoms with Gasteiger partial charge in [-0.1, -0.05) is 48.0 Å². The SMILES string of the molecule is O=C1Nc2sc(Cl)c(-c3ccc(O)c(F)c3)c2C(=O)C1(F)c1ccccc1. The zero-order valence-electron chi connectivity index (χ0n) is 13.4. The third-order valence-electron chi connectivity index (χ3n) is 4.35. The molecule has 0 aliphatic carbocycles. The normalized spacial score (nSPS) is 18.9. The van der Waals surface area contributed by atoms with Gasteiger partial charge in [0, 0.05) is 11.1 Å². The van der Waals surface area contributed by atoms with Gasteiger partial charge in [0.15, 0.2) is 11.6 Å². The summed E-state index contributed by atoms with van der Waals surface area (Å²) in [6.45, 7) is 0. The minimum absolute atomic E-state index is 0.0936. The fraction of sp³-hybridized carbons (Fsp3) is 0.0526. The Morgan fingerprint density at radius 2 is 1.78 bits per heavy atom. The van der Waals surface area contributed by atoms with Crippen LogP contribution in [0, 0.1) is 5.82 Å². The van der Waals surface area contributed by atoms with Crippen molar-refractivity contribution in [3.63, 3.8) is 0 Å². The number of aromatic hydroxyl groups is 1. The number of alkyl halides is 1. The number of fused-ring (bicyclic) bond motifs is 1. The Kier molecular flexibility index (Phi) is 4.01. The van der Waals surface area contributed by atoms with Gasteiger partial charge in [-0.2, -0.15) is 0 Å². The van der Waals surface area contributed by atoms with E-state index in [9.17, 15) is 19.1 Å². The molecule has 2 N–H and O–H groups in total. The van der Waals surface area contributed by atoms with Crippen molar-refractivity contribution < 1.29 is 23.5 Å². The van der Waals surface area contributed by atoms with Crippen molar-refractivity contribution in [3.05, 3.63) is 69.8 Å². The Labute approximate surface area is 161 Å². The molecule has 1 aromatic heterocycles. The summed E-state index contributed by atoms with van der Waals surface area (Å²) >= 11 is 7.11. The Hall–Kier alpha value is -2.77. The second-order valence-electron chi connectivity index (χ2n) is 5.93. The number of benzene rings is 2. The quantitative estimate of drug-likeness (QED) is 0.595. The summed E-state index contributed by atoms with van der Waals surface area (Å²) in [6.07, 6.45) is 0. The first-order valence-corrected chi connectivity index (χ1v) is 8.95. The Morgan fingerprint density at radius 3 is 2.44 bits per heavy atom. The van der Waals surface area contributed by atoms with Crippen molar-refractivity contribution >= 4 is 39.6 Å². The summed E-state index contributed by atoms with van der Waals surface area (Å²) < 4.78 is 29.6. The number of anilines is 1. The smallest absolute Gasteiger partial charge is 0.275 e. The van der Waals surface area contributed by atoms with Crippen LogP contribution in [0.3, 0.4) is 0 Å². The number of ketones is 1. The fourth-order valence-electron chi connectivity index (χ4n) is 3.02. The van der Waals surface area contributed by atoms with Crippen molar-refractivity contribution in [2.24, 2.45) is 0 Å². The summed E-state index contributed by atoms with van der Waals surface area (Å²) in [7, 11) is 0. The molecule has 1 atom stereocenters. The first-order valence-electron chi connectivity index (χ1n) is 7.76. The predicted octanol–water partition coefficient (Wildman–Crippen LogP) is 4.91. The van der Waals surface area contributed by atoms with Gasteiger partial charge in [0.1, 0.15) is 9.34 Å². The minimum atomic E-state index is -2.93. The van der Waals surface area contributed by atoms with Crippen LogP contribution >= 0.6 is 22.9 Å². The zero-order chi connectivity index (χ0) is 19.3. The Balaban J connectivity index is 1.94. The molecule has 3 aromatic rings. The number of phenolic OH excluding ortho intramolecular Hbond substituents is 1. The average molecular weight is 406 g/mol. The number of hydrogen-bond acceptors (Lipinski definition) is 4. The second kappa shape index (κ2) is 6.14. The predicted molar refractivity (Wildman–Crippen MR) is 98.6 cm³/mol. The molecule has 1 aliphatic rings. The van der Waals surface area contributed by atoms with Crippen LogP contribution < -0.4 is 5.32 Å². The van der Waals surface area contributed by atoms with E-state index in [4.69, 9.17) is 11.6 Å². The molecule has 0 spiro atoms. The lowest BCUT2D eigenvalue weighted by Gasteiger charge is -2.28. The highest BCUT2D eigenvalue weighted by Crippen LogP contribution is 2.50. The number of amides is 1. The standard InChI is InChI=1S/C19H10ClF2NO3S/c20-16-13(9-6-7-12(24)11(21)8-9)14-15(25)19(22,10-4-2-1-3-5-10)18(26)23-17(14)27-16/h1-8,24H,(H,23,26). The number of Topliss-reactive ketones (excluding diaryl/α,β-unsaturated/α-hetero) is 1. The second-order valence-corrected chi connectivity index (χ2v) is 7.55. The van der Waals surface area contributed by atoms with Gasteiger partial charge in [-0.25, -0.2) is 8.78 Å². The van der Waals surface area contributed by atoms with E-state index in [1.54, 1.807) is 6.07 Å². The summed E-state index contributed by atoms with van der Waals surface area (Å²) in [5, 5.41) is 11.9. The minimum Gasteiger partial charge on any atom is -0.505 e. The largest absolute Gasteiger partial charge is 0.505 e. The molecule has 2 heterocycles. The van der Waals surface area contributed by atoms with Crippen molar-refractivity contribution in [3.8, 4) is 16.9 Å². The molecule has 0 bridgehead atoms. The van der Waals surface area contributed by atoms with Gasteiger partial charge in [-0.3, -0.25) is 9.59 Å². The number of carbonyl (C=O) groups is 2. The van der Waals surface area contributed by atoms with Crippen LogP contribution in [0.5, 0.6) is 5.75 Å². The lowest BCUT2D eigenvalue weighted by molar-refractivity contribution is -0.125. The van der Waals surface area contributed by atoms with Crippen molar-refractivity contribution in [1.82, 2.24) is 0 Å². The maximum Gasteiger partial charge on any atom is 0.275 e. The monoisotopic (exact) mass is 405 g/mol. The van der Waals surface area contributed by atoms with E-state index in [0.717, 1.165) is 23.5 Å². The molecule has 2 aromatic carbocycles. The molecular formula is C19H10ClF2NO3S. The number of carbonyl (C=O) groups excluding carboxylic acids is 2. The van der Waals surface area contributed by atoms with E-state index >= 15 is 4.39 Å². The van der Waals surface area contributed by atoms with E-state index in [0.29, 0.717) is 0 Å². The van der Waals surface area contributed by atoms with Crippen molar-refractivity contribution in [2.75, 3.05) is 5.32 Å². The molecule has 27 heavy (non-hydrogen) atoms. The Bertz CT molecular complexity index is 1100. The summed E-state index contributed by atoms with van der Waals surface area (Å²) in [6, 6.07) is 10.8. The Morgan fingerprint density at radius 1 is 1.07 bits per heavy atom. The van der Waals surface area contributed by atoms with Gasteiger partial charge in [0.2, 0.25) is 5.78 Å². The molecule has 8 heteroatoms. The zero-order valence-corrected chi connectivity index (χ0v) is 15.0. The fourth-order valence-corrected chi connectivity index (χ4v) is 4.40. The van der Waals surface area contributed by atoms with Gasteiger partial charge in [-0.05, 0) is 17.7 Å². The van der Waals surface area contributed by atoms with Crippen LogP contribution in [0.15, 0.2) is 48.5 Å². The number of nitrogens with one attached hydrogen (secondary N) is 1. The van der Waals surface area contributed by atoms with E-state index < -0.39 is 28.9 Å². The molecular weight excluding hydrogens is 396 g/mol. The molecule has 1 amide bonds. The highest BCUT2D eigenvalue weighted by atomic mass is 35.5. The highest BCUT2D eigenvalue weighted by molar-refractivity contribution is 7.21. The number of thiophene rings is 1. The van der Waals surface area contributed by atoms with E-state index in [-0.39, 0.29) is 31.6 Å². The van der Waals surface area contributed by atoms with Crippen LogP contribution in [-0.4, -0.2) is 16.8 Å². The van der Waals surface area contributed by atoms with Crippen LogP contribution in [0.2, 0.25) is 4.34 Å². The van der Waals surface area contributed by atoms with Crippen LogP contribution in [0.4, 0.5) is 13.8 Å². The summed E-state index contributed by atoms with van der Waals surface area (Å²) in [5.74, 6) is -3.65. The molecule has 1 unspecified atom stereocenters. The van der Waals surface area contributed by atoms with Gasteiger partial charge >= 0.3 is 0 Å². The first-order chi connectivity index (χ1) is 12.8. The molecule has 0 radical (unpaired) electrons. The maximum absolute atomic E-state index is 15.7. The lowest BCUT2D eigenvalue weighted by Crippen LogP contribution is -2.47. The molecule has 4 rings (SSSR count). The summed E-state index contributed by atoms with van der Waals surface area (Å²) in [5.41, 5.74) is -2.86. The highest BCUT2D eigenvalue weighted by Gasteiger charge is 2.54. The van der Waals surface area contributed by atoms with E-state index in [1.165, 1.54) is 30.3 Å². The van der Waals surface area contributed by atoms with Gasteiger partial charge < -0.3 is 10.4 Å². The molecule has 136 valence electrons. The molecule has 0 saturated carbocycles. The lowest BCUT2D eigenvalue weighted by atomic mass is 9.83. The molecule has 0 saturated heterocycles. The van der Waals surface area contributed by atoms with Crippen molar-refractivity contribution in [2.45, 2.75) is 5.67 Å². The van der Waals surface area contributed by atoms with E-state index in [1.807, 2.05) is 0 Å². The average Bonchev–Trinajstić information content (AvgIpc) is 2.98. The van der Waals surface area contributed by atoms with Gasteiger partial charge in [0.05, 0.1) is 5.56 Å². The van der Waals surface area contributed by atoms with E-state index in [2.05, 4.69) is 5.32 Å². The maximum atomic E-state index is 15.7.